The van der Waals surface area contributed by atoms with Crippen LogP contribution in [0.2, 0.25) is 10.0 Å². The van der Waals surface area contributed by atoms with Gasteiger partial charge in [0.25, 0.3) is 10.0 Å². The van der Waals surface area contributed by atoms with E-state index in [-0.39, 0.29) is 20.7 Å². The van der Waals surface area contributed by atoms with E-state index in [4.69, 9.17) is 27.9 Å². The van der Waals surface area contributed by atoms with Crippen LogP contribution in [0.25, 0.3) is 0 Å². The first-order valence-corrected chi connectivity index (χ1v) is 11.8. The molecule has 9 heteroatoms. The van der Waals surface area contributed by atoms with Gasteiger partial charge < -0.3 is 10.1 Å². The molecule has 1 amide bonds. The number of amides is 1. The zero-order chi connectivity index (χ0) is 23.5. The number of carbonyl (C=O) groups excluding carboxylic acids is 1. The van der Waals surface area contributed by atoms with Crippen molar-refractivity contribution < 1.29 is 17.9 Å². The van der Waals surface area contributed by atoms with Gasteiger partial charge in [0.1, 0.15) is 17.2 Å². The predicted molar refractivity (Wildman–Crippen MR) is 129 cm³/mol. The summed E-state index contributed by atoms with van der Waals surface area (Å²) in [5.74, 6) is -0.393. The van der Waals surface area contributed by atoms with Crippen LogP contribution in [-0.2, 0) is 14.8 Å². The molecule has 0 radical (unpaired) electrons. The molecule has 1 N–H and O–H groups in total. The van der Waals surface area contributed by atoms with E-state index < -0.39 is 22.5 Å². The Labute approximate surface area is 197 Å². The molecule has 3 aromatic carbocycles. The maximum absolute atomic E-state index is 13.7. The number of nitrogens with zero attached hydrogens (tertiary/aromatic N) is 1. The number of ether oxygens (including phenoxy) is 1. The molecule has 0 saturated heterocycles. The molecule has 0 bridgehead atoms. The van der Waals surface area contributed by atoms with E-state index in [2.05, 4.69) is 5.32 Å². The number of benzene rings is 3. The summed E-state index contributed by atoms with van der Waals surface area (Å²) in [6.45, 7) is 3.19. The van der Waals surface area contributed by atoms with Gasteiger partial charge in [-0.3, -0.25) is 9.10 Å². The fourth-order valence-corrected chi connectivity index (χ4v) is 5.06. The number of hydrogen-bond acceptors (Lipinski definition) is 4. The third-order valence-corrected chi connectivity index (χ3v) is 7.34. The zero-order valence-corrected chi connectivity index (χ0v) is 20.1. The Hall–Kier alpha value is -2.74. The first-order chi connectivity index (χ1) is 15.1. The summed E-state index contributed by atoms with van der Waals surface area (Å²) >= 11 is 12.2. The van der Waals surface area contributed by atoms with Crippen molar-refractivity contribution in [2.45, 2.75) is 18.7 Å². The Balaban J connectivity index is 2.03. The number of aryl methyl sites for hydroxylation is 2. The fraction of sp³-hybridized carbons (Fsp3) is 0.174. The first-order valence-electron chi connectivity index (χ1n) is 9.61. The molecule has 0 aromatic heterocycles. The zero-order valence-electron chi connectivity index (χ0n) is 17.7. The highest BCUT2D eigenvalue weighted by atomic mass is 35.5. The Bertz CT molecular complexity index is 1250. The van der Waals surface area contributed by atoms with Gasteiger partial charge in [-0.1, -0.05) is 53.0 Å². The topological polar surface area (TPSA) is 75.7 Å². The van der Waals surface area contributed by atoms with Crippen molar-refractivity contribution in [3.8, 4) is 5.75 Å². The van der Waals surface area contributed by atoms with Crippen molar-refractivity contribution in [3.63, 3.8) is 0 Å². The van der Waals surface area contributed by atoms with Gasteiger partial charge in [-0.15, -0.1) is 0 Å². The Morgan fingerprint density at radius 2 is 1.66 bits per heavy atom. The lowest BCUT2D eigenvalue weighted by Crippen LogP contribution is -2.38. The maximum Gasteiger partial charge on any atom is 0.268 e. The second-order valence-corrected chi connectivity index (χ2v) is 9.77. The van der Waals surface area contributed by atoms with Crippen molar-refractivity contribution in [1.29, 1.82) is 0 Å². The van der Waals surface area contributed by atoms with Crippen LogP contribution >= 0.6 is 23.2 Å². The summed E-state index contributed by atoms with van der Waals surface area (Å²) in [6, 6.07) is 16.5. The maximum atomic E-state index is 13.7. The Kier molecular flexibility index (Phi) is 7.33. The summed E-state index contributed by atoms with van der Waals surface area (Å²) in [7, 11) is -2.75. The number of anilines is 2. The van der Waals surface area contributed by atoms with Crippen LogP contribution in [0.15, 0.2) is 65.6 Å². The largest absolute Gasteiger partial charge is 0.495 e. The van der Waals surface area contributed by atoms with E-state index in [0.29, 0.717) is 11.4 Å². The Morgan fingerprint density at radius 1 is 1.00 bits per heavy atom. The van der Waals surface area contributed by atoms with Crippen molar-refractivity contribution in [2.24, 2.45) is 0 Å². The van der Waals surface area contributed by atoms with E-state index in [1.807, 2.05) is 6.92 Å². The standard InChI is InChI=1S/C23H22Cl2N2O4S/c1-15-7-10-17(11-8-15)27(14-22(28)26-19-6-4-5-18(24)23(19)25)32(29,30)21-13-16(2)9-12-20(21)31-3/h4-13H,14H2,1-3H3,(H,26,28). The van der Waals surface area contributed by atoms with Crippen LogP contribution < -0.4 is 14.4 Å². The molecule has 0 aliphatic carbocycles. The summed E-state index contributed by atoms with van der Waals surface area (Å²) in [5, 5.41) is 3.08. The number of rotatable bonds is 7. The molecule has 32 heavy (non-hydrogen) atoms. The molecule has 3 rings (SSSR count). The van der Waals surface area contributed by atoms with Gasteiger partial charge in [-0.05, 0) is 55.8 Å². The molecule has 0 unspecified atom stereocenters. The first kappa shape index (κ1) is 23.9. The smallest absolute Gasteiger partial charge is 0.268 e. The average Bonchev–Trinajstić information content (AvgIpc) is 2.76. The molecular weight excluding hydrogens is 471 g/mol. The lowest BCUT2D eigenvalue weighted by molar-refractivity contribution is -0.114. The van der Waals surface area contributed by atoms with Crippen LogP contribution in [-0.4, -0.2) is 28.0 Å². The highest BCUT2D eigenvalue weighted by molar-refractivity contribution is 7.93. The normalized spacial score (nSPS) is 11.2. The highest BCUT2D eigenvalue weighted by Crippen LogP contribution is 2.32. The Morgan fingerprint density at radius 3 is 2.31 bits per heavy atom. The molecule has 0 spiro atoms. The molecule has 0 fully saturated rings. The minimum absolute atomic E-state index is 0.0332. The van der Waals surface area contributed by atoms with Crippen LogP contribution in [0.4, 0.5) is 11.4 Å². The molecule has 0 atom stereocenters. The quantitative estimate of drug-likeness (QED) is 0.475. The second-order valence-electron chi connectivity index (χ2n) is 7.15. The third kappa shape index (κ3) is 5.18. The number of sulfonamides is 1. The second kappa shape index (κ2) is 9.81. The minimum Gasteiger partial charge on any atom is -0.495 e. The van der Waals surface area contributed by atoms with Crippen LogP contribution in [0.3, 0.4) is 0 Å². The number of nitrogens with one attached hydrogen (secondary N) is 1. The lowest BCUT2D eigenvalue weighted by Gasteiger charge is -2.25. The molecule has 0 saturated carbocycles. The summed E-state index contributed by atoms with van der Waals surface area (Å²) in [6.07, 6.45) is 0. The van der Waals surface area contributed by atoms with Gasteiger partial charge >= 0.3 is 0 Å². The van der Waals surface area contributed by atoms with Gasteiger partial charge in [-0.25, -0.2) is 8.42 Å². The van der Waals surface area contributed by atoms with E-state index in [0.717, 1.165) is 15.4 Å². The van der Waals surface area contributed by atoms with Crippen LogP contribution in [0.1, 0.15) is 11.1 Å². The SMILES string of the molecule is COc1ccc(C)cc1S(=O)(=O)N(CC(=O)Nc1cccc(Cl)c1Cl)c1ccc(C)cc1. The van der Waals surface area contributed by atoms with E-state index in [1.54, 1.807) is 61.5 Å². The molecule has 168 valence electrons. The summed E-state index contributed by atoms with van der Waals surface area (Å²) in [4.78, 5) is 12.8. The van der Waals surface area contributed by atoms with Gasteiger partial charge in [0.05, 0.1) is 28.5 Å². The van der Waals surface area contributed by atoms with E-state index in [1.165, 1.54) is 13.2 Å². The van der Waals surface area contributed by atoms with Gasteiger partial charge in [0.2, 0.25) is 5.91 Å². The van der Waals surface area contributed by atoms with Gasteiger partial charge in [0, 0.05) is 0 Å². The van der Waals surface area contributed by atoms with Crippen LogP contribution in [0.5, 0.6) is 5.75 Å². The molecule has 0 heterocycles. The summed E-state index contributed by atoms with van der Waals surface area (Å²) < 4.78 is 33.7. The number of hydrogen-bond donors (Lipinski definition) is 1. The van der Waals surface area contributed by atoms with Gasteiger partial charge in [0.15, 0.2) is 0 Å². The molecule has 3 aromatic rings. The third-order valence-electron chi connectivity index (χ3n) is 4.72. The summed E-state index contributed by atoms with van der Waals surface area (Å²) in [5.41, 5.74) is 2.32. The number of halogens is 2. The van der Waals surface area contributed by atoms with Crippen molar-refractivity contribution in [1.82, 2.24) is 0 Å². The van der Waals surface area contributed by atoms with Crippen LogP contribution in [0, 0.1) is 13.8 Å². The monoisotopic (exact) mass is 492 g/mol. The molecular formula is C23H22Cl2N2O4S. The molecule has 6 nitrogen and oxygen atoms in total. The molecule has 0 aliphatic rings. The average molecular weight is 493 g/mol. The van der Waals surface area contributed by atoms with E-state index >= 15 is 0 Å². The van der Waals surface area contributed by atoms with Gasteiger partial charge in [-0.2, -0.15) is 0 Å². The number of methoxy groups -OCH3 is 1. The fourth-order valence-electron chi connectivity index (χ4n) is 3.05. The number of carbonyl (C=O) groups is 1. The van der Waals surface area contributed by atoms with E-state index in [9.17, 15) is 13.2 Å². The minimum atomic E-state index is -4.15. The van der Waals surface area contributed by atoms with Crippen molar-refractivity contribution >= 4 is 50.5 Å². The van der Waals surface area contributed by atoms with Crippen molar-refractivity contribution in [2.75, 3.05) is 23.3 Å². The highest BCUT2D eigenvalue weighted by Gasteiger charge is 2.30. The molecule has 0 aliphatic heterocycles. The lowest BCUT2D eigenvalue weighted by atomic mass is 10.2. The predicted octanol–water partition coefficient (Wildman–Crippen LogP) is 5.45. The van der Waals surface area contributed by atoms with Crippen molar-refractivity contribution in [3.05, 3.63) is 81.8 Å².